The minimum Gasteiger partial charge on any atom is -0.490 e. The van der Waals surface area contributed by atoms with Gasteiger partial charge in [0.1, 0.15) is 12.4 Å². The SMILES string of the molecule is C=CCc1cc(/C=N\O)cc(OCC)c1OCc1cccc(F)c1. The molecule has 0 atom stereocenters. The Morgan fingerprint density at radius 2 is 2.08 bits per heavy atom. The molecule has 2 rings (SSSR count). The molecule has 24 heavy (non-hydrogen) atoms. The zero-order chi connectivity index (χ0) is 17.4. The van der Waals surface area contributed by atoms with E-state index in [1.165, 1.54) is 18.3 Å². The summed E-state index contributed by atoms with van der Waals surface area (Å²) in [4.78, 5) is 0. The van der Waals surface area contributed by atoms with Crippen molar-refractivity contribution in [2.75, 3.05) is 6.61 Å². The normalized spacial score (nSPS) is 10.8. The molecule has 0 aliphatic carbocycles. The summed E-state index contributed by atoms with van der Waals surface area (Å²) < 4.78 is 24.8. The number of hydrogen-bond donors (Lipinski definition) is 1. The van der Waals surface area contributed by atoms with E-state index in [4.69, 9.17) is 14.7 Å². The van der Waals surface area contributed by atoms with E-state index in [0.29, 0.717) is 30.1 Å². The fourth-order valence-electron chi connectivity index (χ4n) is 2.34. The number of nitrogens with zero attached hydrogens (tertiary/aromatic N) is 1. The second-order valence-corrected chi connectivity index (χ2v) is 5.10. The molecule has 2 aromatic carbocycles. The zero-order valence-electron chi connectivity index (χ0n) is 13.5. The molecule has 5 heteroatoms. The maximum Gasteiger partial charge on any atom is 0.165 e. The van der Waals surface area contributed by atoms with Crippen molar-refractivity contribution in [1.82, 2.24) is 0 Å². The monoisotopic (exact) mass is 329 g/mol. The van der Waals surface area contributed by atoms with Crippen LogP contribution in [0.3, 0.4) is 0 Å². The molecule has 0 saturated heterocycles. The highest BCUT2D eigenvalue weighted by Gasteiger charge is 2.13. The molecule has 0 amide bonds. The Hall–Kier alpha value is -2.82. The van der Waals surface area contributed by atoms with Gasteiger partial charge in [-0.3, -0.25) is 0 Å². The fraction of sp³-hybridized carbons (Fsp3) is 0.211. The average Bonchev–Trinajstić information content (AvgIpc) is 2.55. The lowest BCUT2D eigenvalue weighted by atomic mass is 10.1. The molecule has 0 bridgehead atoms. The third-order valence-electron chi connectivity index (χ3n) is 3.30. The van der Waals surface area contributed by atoms with Crippen LogP contribution in [0.15, 0.2) is 54.2 Å². The summed E-state index contributed by atoms with van der Waals surface area (Å²) in [6, 6.07) is 9.83. The largest absolute Gasteiger partial charge is 0.490 e. The molecule has 126 valence electrons. The Morgan fingerprint density at radius 1 is 1.25 bits per heavy atom. The van der Waals surface area contributed by atoms with Crippen LogP contribution in [-0.2, 0) is 13.0 Å². The number of ether oxygens (including phenoxy) is 2. The van der Waals surface area contributed by atoms with Gasteiger partial charge in [0.05, 0.1) is 12.8 Å². The number of allylic oxidation sites excluding steroid dienone is 1. The third kappa shape index (κ3) is 4.59. The summed E-state index contributed by atoms with van der Waals surface area (Å²) in [5.74, 6) is 0.821. The van der Waals surface area contributed by atoms with E-state index in [2.05, 4.69) is 11.7 Å². The number of oxime groups is 1. The minimum absolute atomic E-state index is 0.218. The van der Waals surface area contributed by atoms with Gasteiger partial charge in [0.25, 0.3) is 0 Å². The predicted octanol–water partition coefficient (Wildman–Crippen LogP) is 4.34. The highest BCUT2D eigenvalue weighted by Crippen LogP contribution is 2.34. The Morgan fingerprint density at radius 3 is 2.75 bits per heavy atom. The van der Waals surface area contributed by atoms with E-state index < -0.39 is 0 Å². The zero-order valence-corrected chi connectivity index (χ0v) is 13.5. The topological polar surface area (TPSA) is 51.1 Å². The van der Waals surface area contributed by atoms with Crippen molar-refractivity contribution < 1.29 is 19.1 Å². The third-order valence-corrected chi connectivity index (χ3v) is 3.30. The van der Waals surface area contributed by atoms with E-state index in [-0.39, 0.29) is 12.4 Å². The number of halogens is 1. The highest BCUT2D eigenvalue weighted by molar-refractivity contribution is 5.81. The quantitative estimate of drug-likeness (QED) is 0.339. The van der Waals surface area contributed by atoms with Crippen LogP contribution >= 0.6 is 0 Å². The van der Waals surface area contributed by atoms with Crippen molar-refractivity contribution in [3.05, 3.63) is 71.6 Å². The minimum atomic E-state index is -0.304. The van der Waals surface area contributed by atoms with Crippen molar-refractivity contribution >= 4 is 6.21 Å². The van der Waals surface area contributed by atoms with Crippen molar-refractivity contribution in [2.45, 2.75) is 20.0 Å². The molecule has 0 fully saturated rings. The standard InChI is InChI=1S/C19H20FNO3/c1-3-6-16-9-15(12-21-22)11-18(23-4-2)19(16)24-13-14-7-5-8-17(20)10-14/h3,5,7-12,22H,1,4,6,13H2,2H3/b21-12-. The van der Waals surface area contributed by atoms with E-state index >= 15 is 0 Å². The Bertz CT molecular complexity index is 729. The van der Waals surface area contributed by atoms with E-state index in [9.17, 15) is 4.39 Å². The molecule has 0 aliphatic rings. The predicted molar refractivity (Wildman–Crippen MR) is 91.6 cm³/mol. The number of benzene rings is 2. The lowest BCUT2D eigenvalue weighted by Gasteiger charge is -2.16. The fourth-order valence-corrected chi connectivity index (χ4v) is 2.34. The van der Waals surface area contributed by atoms with Crippen molar-refractivity contribution in [1.29, 1.82) is 0 Å². The molecule has 0 unspecified atom stereocenters. The summed E-state index contributed by atoms with van der Waals surface area (Å²) in [5, 5.41) is 11.8. The van der Waals surface area contributed by atoms with Crippen LogP contribution in [0.5, 0.6) is 11.5 Å². The average molecular weight is 329 g/mol. The van der Waals surface area contributed by atoms with Crippen LogP contribution in [0.1, 0.15) is 23.6 Å². The first-order valence-corrected chi connectivity index (χ1v) is 7.63. The molecule has 0 radical (unpaired) electrons. The molecule has 0 saturated carbocycles. The molecule has 0 spiro atoms. The van der Waals surface area contributed by atoms with Gasteiger partial charge in [-0.25, -0.2) is 4.39 Å². The maximum absolute atomic E-state index is 13.3. The molecule has 2 aromatic rings. The first kappa shape index (κ1) is 17.5. The maximum atomic E-state index is 13.3. The van der Waals surface area contributed by atoms with Gasteiger partial charge in [0.2, 0.25) is 0 Å². The molecule has 0 aliphatic heterocycles. The van der Waals surface area contributed by atoms with Crippen molar-refractivity contribution in [3.8, 4) is 11.5 Å². The summed E-state index contributed by atoms with van der Waals surface area (Å²) in [6.07, 6.45) is 3.64. The van der Waals surface area contributed by atoms with Gasteiger partial charge >= 0.3 is 0 Å². The van der Waals surface area contributed by atoms with Gasteiger partial charge in [-0.05, 0) is 43.2 Å². The first-order valence-electron chi connectivity index (χ1n) is 7.63. The second kappa shape index (κ2) is 8.72. The number of rotatable bonds is 8. The van der Waals surface area contributed by atoms with Crippen LogP contribution in [0.25, 0.3) is 0 Å². The van der Waals surface area contributed by atoms with Crippen LogP contribution in [-0.4, -0.2) is 18.0 Å². The van der Waals surface area contributed by atoms with E-state index in [1.54, 1.807) is 24.3 Å². The summed E-state index contributed by atoms with van der Waals surface area (Å²) in [7, 11) is 0. The molecule has 0 heterocycles. The molecule has 0 aromatic heterocycles. The lowest BCUT2D eigenvalue weighted by molar-refractivity contribution is 0.266. The molecular weight excluding hydrogens is 309 g/mol. The summed E-state index contributed by atoms with van der Waals surface area (Å²) >= 11 is 0. The van der Waals surface area contributed by atoms with E-state index in [1.807, 2.05) is 13.0 Å². The van der Waals surface area contributed by atoms with Crippen molar-refractivity contribution in [3.63, 3.8) is 0 Å². The Kier molecular flexibility index (Phi) is 6.37. The summed E-state index contributed by atoms with van der Waals surface area (Å²) in [5.41, 5.74) is 2.26. The van der Waals surface area contributed by atoms with Gasteiger partial charge in [-0.1, -0.05) is 23.4 Å². The molecule has 1 N–H and O–H groups in total. The molecule has 4 nitrogen and oxygen atoms in total. The van der Waals surface area contributed by atoms with Crippen LogP contribution in [0.4, 0.5) is 4.39 Å². The Labute approximate surface area is 140 Å². The molecular formula is C19H20FNO3. The van der Waals surface area contributed by atoms with Crippen LogP contribution in [0.2, 0.25) is 0 Å². The highest BCUT2D eigenvalue weighted by atomic mass is 19.1. The summed E-state index contributed by atoms with van der Waals surface area (Å²) in [6.45, 7) is 6.30. The van der Waals surface area contributed by atoms with Gasteiger partial charge in [-0.15, -0.1) is 6.58 Å². The van der Waals surface area contributed by atoms with E-state index in [0.717, 1.165) is 11.1 Å². The van der Waals surface area contributed by atoms with Crippen molar-refractivity contribution in [2.24, 2.45) is 5.16 Å². The second-order valence-electron chi connectivity index (χ2n) is 5.10. The first-order chi connectivity index (χ1) is 11.7. The van der Waals surface area contributed by atoms with Gasteiger partial charge in [-0.2, -0.15) is 0 Å². The Balaban J connectivity index is 2.35. The van der Waals surface area contributed by atoms with Crippen LogP contribution in [0, 0.1) is 5.82 Å². The van der Waals surface area contributed by atoms with Gasteiger partial charge in [0, 0.05) is 11.1 Å². The van der Waals surface area contributed by atoms with Gasteiger partial charge in [0.15, 0.2) is 11.5 Å². The lowest BCUT2D eigenvalue weighted by Crippen LogP contribution is -2.04. The number of hydrogen-bond acceptors (Lipinski definition) is 4. The van der Waals surface area contributed by atoms with Crippen LogP contribution < -0.4 is 9.47 Å². The van der Waals surface area contributed by atoms with Gasteiger partial charge < -0.3 is 14.7 Å². The smallest absolute Gasteiger partial charge is 0.165 e.